The molecule has 2 aromatic carbocycles. The van der Waals surface area contributed by atoms with E-state index in [0.29, 0.717) is 23.9 Å². The Labute approximate surface area is 189 Å². The number of hydrogen-bond donors (Lipinski definition) is 2. The molecule has 2 fully saturated rings. The summed E-state index contributed by atoms with van der Waals surface area (Å²) in [5.74, 6) is 0.350. The van der Waals surface area contributed by atoms with Crippen LogP contribution in [-0.4, -0.2) is 49.5 Å². The van der Waals surface area contributed by atoms with Crippen molar-refractivity contribution in [1.82, 2.24) is 14.5 Å². The first-order chi connectivity index (χ1) is 14.9. The fraction of sp³-hybridized carbons (Fsp3) is 0.478. The predicted octanol–water partition coefficient (Wildman–Crippen LogP) is 3.72. The van der Waals surface area contributed by atoms with Crippen LogP contribution < -0.4 is 4.72 Å². The van der Waals surface area contributed by atoms with Crippen molar-refractivity contribution in [2.75, 3.05) is 26.2 Å². The maximum Gasteiger partial charge on any atom is 0.240 e. The van der Waals surface area contributed by atoms with Gasteiger partial charge in [0.05, 0.1) is 4.90 Å². The molecular weight excluding hydrogens is 434 g/mol. The minimum atomic E-state index is -3.65. The molecule has 0 radical (unpaired) electrons. The first-order valence-electron chi connectivity index (χ1n) is 10.9. The summed E-state index contributed by atoms with van der Waals surface area (Å²) in [5.41, 5.74) is 2.61. The highest BCUT2D eigenvalue weighted by atomic mass is 35.5. The van der Waals surface area contributed by atoms with Crippen LogP contribution in [0.4, 0.5) is 0 Å². The number of benzene rings is 2. The molecule has 2 saturated heterocycles. The van der Waals surface area contributed by atoms with E-state index in [1.807, 2.05) is 12.1 Å². The average molecular weight is 464 g/mol. The molecule has 4 rings (SSSR count). The van der Waals surface area contributed by atoms with E-state index in [0.717, 1.165) is 42.9 Å². The van der Waals surface area contributed by atoms with Crippen LogP contribution in [0.2, 0.25) is 5.02 Å². The molecule has 2 heterocycles. The number of aromatic hydroxyl groups is 1. The normalized spacial score (nSPS) is 18.1. The van der Waals surface area contributed by atoms with E-state index < -0.39 is 10.0 Å². The van der Waals surface area contributed by atoms with E-state index in [4.69, 9.17) is 11.6 Å². The van der Waals surface area contributed by atoms with Gasteiger partial charge in [-0.05, 0) is 93.8 Å². The van der Waals surface area contributed by atoms with Gasteiger partial charge in [-0.2, -0.15) is 0 Å². The van der Waals surface area contributed by atoms with Gasteiger partial charge in [0, 0.05) is 35.8 Å². The van der Waals surface area contributed by atoms with Gasteiger partial charge in [0.1, 0.15) is 5.75 Å². The summed E-state index contributed by atoms with van der Waals surface area (Å²) >= 11 is 5.88. The van der Waals surface area contributed by atoms with Crippen molar-refractivity contribution in [1.29, 1.82) is 0 Å². The maximum absolute atomic E-state index is 12.7. The van der Waals surface area contributed by atoms with Crippen molar-refractivity contribution >= 4 is 21.6 Å². The Hall–Kier alpha value is -1.64. The molecule has 0 spiro atoms. The largest absolute Gasteiger partial charge is 0.507 e. The standard InChI is InChI=1S/C23H30ClN3O3S/c24-21-5-7-22(8-6-21)31(29,30)25-15-18-13-19(16-26-9-1-2-10-26)23(28)20(14-18)17-27-11-3-4-12-27/h5-8,13-14,25,28H,1-4,9-12,15-17H2. The molecule has 0 saturated carbocycles. The SMILES string of the molecule is O=S(=O)(NCc1cc(CN2CCCC2)c(O)c(CN2CCCC2)c1)c1ccc(Cl)cc1. The number of phenolic OH excluding ortho intramolecular Hbond substituents is 1. The van der Waals surface area contributed by atoms with Crippen molar-refractivity contribution in [2.24, 2.45) is 0 Å². The lowest BCUT2D eigenvalue weighted by atomic mass is 10.0. The Morgan fingerprint density at radius 1 is 0.871 bits per heavy atom. The zero-order valence-electron chi connectivity index (χ0n) is 17.7. The Balaban J connectivity index is 1.55. The quantitative estimate of drug-likeness (QED) is 0.624. The number of rotatable bonds is 8. The molecule has 2 aromatic rings. The molecule has 2 N–H and O–H groups in total. The lowest BCUT2D eigenvalue weighted by Crippen LogP contribution is -2.24. The Bertz CT molecular complexity index is 960. The second-order valence-corrected chi connectivity index (χ2v) is 10.7. The van der Waals surface area contributed by atoms with E-state index in [1.165, 1.54) is 37.8 Å². The van der Waals surface area contributed by atoms with Crippen LogP contribution in [0.5, 0.6) is 5.75 Å². The van der Waals surface area contributed by atoms with E-state index in [-0.39, 0.29) is 11.4 Å². The third-order valence-corrected chi connectivity index (χ3v) is 7.77. The summed E-state index contributed by atoms with van der Waals surface area (Å²) in [7, 11) is -3.65. The van der Waals surface area contributed by atoms with E-state index >= 15 is 0 Å². The zero-order chi connectivity index (χ0) is 21.8. The molecule has 0 aromatic heterocycles. The lowest BCUT2D eigenvalue weighted by molar-refractivity contribution is 0.312. The minimum Gasteiger partial charge on any atom is -0.507 e. The van der Waals surface area contributed by atoms with Gasteiger partial charge in [-0.15, -0.1) is 0 Å². The molecule has 0 unspecified atom stereocenters. The van der Waals surface area contributed by atoms with Crippen molar-refractivity contribution in [3.8, 4) is 5.75 Å². The number of halogens is 1. The third kappa shape index (κ3) is 5.79. The Morgan fingerprint density at radius 3 is 1.84 bits per heavy atom. The van der Waals surface area contributed by atoms with Gasteiger partial charge in [-0.3, -0.25) is 9.80 Å². The fourth-order valence-electron chi connectivity index (χ4n) is 4.41. The van der Waals surface area contributed by atoms with Gasteiger partial charge in [0.2, 0.25) is 10.0 Å². The topological polar surface area (TPSA) is 72.9 Å². The monoisotopic (exact) mass is 463 g/mol. The molecular formula is C23H30ClN3O3S. The molecule has 2 aliphatic heterocycles. The third-order valence-electron chi connectivity index (χ3n) is 6.10. The first kappa shape index (κ1) is 22.6. The summed E-state index contributed by atoms with van der Waals surface area (Å²) in [4.78, 5) is 4.87. The van der Waals surface area contributed by atoms with Crippen molar-refractivity contribution in [3.63, 3.8) is 0 Å². The van der Waals surface area contributed by atoms with Gasteiger partial charge in [-0.25, -0.2) is 13.1 Å². The van der Waals surface area contributed by atoms with Crippen molar-refractivity contribution < 1.29 is 13.5 Å². The van der Waals surface area contributed by atoms with Gasteiger partial charge < -0.3 is 5.11 Å². The van der Waals surface area contributed by atoms with Crippen LogP contribution in [0.15, 0.2) is 41.3 Å². The molecule has 0 atom stereocenters. The minimum absolute atomic E-state index is 0.172. The number of nitrogens with zero attached hydrogens (tertiary/aromatic N) is 2. The maximum atomic E-state index is 12.7. The number of nitrogens with one attached hydrogen (secondary N) is 1. The van der Waals surface area contributed by atoms with E-state index in [9.17, 15) is 13.5 Å². The second kappa shape index (κ2) is 9.88. The molecule has 168 valence electrons. The molecule has 0 amide bonds. The van der Waals surface area contributed by atoms with Crippen LogP contribution in [0.25, 0.3) is 0 Å². The summed E-state index contributed by atoms with van der Waals surface area (Å²) in [5, 5.41) is 11.5. The van der Waals surface area contributed by atoms with Crippen LogP contribution in [0, 0.1) is 0 Å². The predicted molar refractivity (Wildman–Crippen MR) is 123 cm³/mol. The highest BCUT2D eigenvalue weighted by Gasteiger charge is 2.20. The highest BCUT2D eigenvalue weighted by Crippen LogP contribution is 2.29. The molecule has 2 aliphatic rings. The average Bonchev–Trinajstić information content (AvgIpc) is 3.44. The molecule has 0 aliphatic carbocycles. The second-order valence-electron chi connectivity index (χ2n) is 8.51. The van der Waals surface area contributed by atoms with Crippen molar-refractivity contribution in [3.05, 3.63) is 58.1 Å². The van der Waals surface area contributed by atoms with Crippen LogP contribution >= 0.6 is 11.6 Å². The molecule has 31 heavy (non-hydrogen) atoms. The van der Waals surface area contributed by atoms with Gasteiger partial charge in [0.25, 0.3) is 0 Å². The van der Waals surface area contributed by atoms with Crippen molar-refractivity contribution in [2.45, 2.75) is 50.2 Å². The molecule has 6 nitrogen and oxygen atoms in total. The smallest absolute Gasteiger partial charge is 0.240 e. The Kier molecular flexibility index (Phi) is 7.19. The summed E-state index contributed by atoms with van der Waals surface area (Å²) in [6, 6.07) is 10.0. The lowest BCUT2D eigenvalue weighted by Gasteiger charge is -2.21. The number of phenols is 1. The molecule has 8 heteroatoms. The number of sulfonamides is 1. The van der Waals surface area contributed by atoms with E-state index in [2.05, 4.69) is 14.5 Å². The van der Waals surface area contributed by atoms with E-state index in [1.54, 1.807) is 12.1 Å². The summed E-state index contributed by atoms with van der Waals surface area (Å²) in [6.07, 6.45) is 4.73. The van der Waals surface area contributed by atoms with Crippen LogP contribution in [-0.2, 0) is 29.7 Å². The number of likely N-dealkylation sites (tertiary alicyclic amines) is 2. The summed E-state index contributed by atoms with van der Waals surface area (Å²) < 4.78 is 28.1. The van der Waals surface area contributed by atoms with Gasteiger partial charge in [0.15, 0.2) is 0 Å². The van der Waals surface area contributed by atoms with Crippen LogP contribution in [0.3, 0.4) is 0 Å². The Morgan fingerprint density at radius 2 is 1.35 bits per heavy atom. The summed E-state index contributed by atoms with van der Waals surface area (Å²) in [6.45, 7) is 5.70. The van der Waals surface area contributed by atoms with Gasteiger partial charge >= 0.3 is 0 Å². The van der Waals surface area contributed by atoms with Crippen LogP contribution in [0.1, 0.15) is 42.4 Å². The zero-order valence-corrected chi connectivity index (χ0v) is 19.3. The molecule has 0 bridgehead atoms. The number of hydrogen-bond acceptors (Lipinski definition) is 5. The van der Waals surface area contributed by atoms with Gasteiger partial charge in [-0.1, -0.05) is 11.6 Å². The fourth-order valence-corrected chi connectivity index (χ4v) is 5.56. The first-order valence-corrected chi connectivity index (χ1v) is 12.8. The highest BCUT2D eigenvalue weighted by molar-refractivity contribution is 7.89.